The third-order valence-electron chi connectivity index (χ3n) is 4.61. The Balaban J connectivity index is 1.42. The molecule has 1 atom stereocenters. The Labute approximate surface area is 154 Å². The van der Waals surface area contributed by atoms with Gasteiger partial charge in [0.2, 0.25) is 0 Å². The monoisotopic (exact) mass is 363 g/mol. The van der Waals surface area contributed by atoms with Gasteiger partial charge in [0.25, 0.3) is 0 Å². The van der Waals surface area contributed by atoms with Gasteiger partial charge in [0.15, 0.2) is 0 Å². The van der Waals surface area contributed by atoms with Gasteiger partial charge in [-0.15, -0.1) is 0 Å². The summed E-state index contributed by atoms with van der Waals surface area (Å²) in [4.78, 5) is 21.1. The lowest BCUT2D eigenvalue weighted by Gasteiger charge is -2.29. The van der Waals surface area contributed by atoms with Gasteiger partial charge in [0, 0.05) is 51.5 Å². The first kappa shape index (κ1) is 18.9. The van der Waals surface area contributed by atoms with Gasteiger partial charge in [-0.3, -0.25) is 4.90 Å². The molecule has 8 heteroatoms. The predicted molar refractivity (Wildman–Crippen MR) is 99.4 cm³/mol. The van der Waals surface area contributed by atoms with E-state index in [1.54, 1.807) is 6.20 Å². The highest BCUT2D eigenvalue weighted by molar-refractivity contribution is 5.74. The number of urea groups is 1. The Morgan fingerprint density at radius 2 is 1.88 bits per heavy atom. The number of rotatable bonds is 6. The minimum Gasteiger partial charge on any atom is -0.379 e. The van der Waals surface area contributed by atoms with Gasteiger partial charge >= 0.3 is 6.03 Å². The standard InChI is InChI=1S/C18H29N5O3/c1-15(14-22-4-8-25-9-5-22)21-18(24)20-13-16-2-3-19-17(12-16)23-6-10-26-11-7-23/h2-3,12,15H,4-11,13-14H2,1H3,(H2,20,21,24). The molecular formula is C18H29N5O3. The molecule has 3 heterocycles. The Bertz CT molecular complexity index is 574. The molecule has 2 fully saturated rings. The number of pyridine rings is 1. The third kappa shape index (κ3) is 5.82. The van der Waals surface area contributed by atoms with Crippen molar-refractivity contribution < 1.29 is 14.3 Å². The van der Waals surface area contributed by atoms with Crippen LogP contribution in [0.2, 0.25) is 0 Å². The zero-order valence-corrected chi connectivity index (χ0v) is 15.4. The van der Waals surface area contributed by atoms with Crippen molar-refractivity contribution in [2.45, 2.75) is 19.5 Å². The Morgan fingerprint density at radius 3 is 2.62 bits per heavy atom. The highest BCUT2D eigenvalue weighted by atomic mass is 16.5. The van der Waals surface area contributed by atoms with Crippen molar-refractivity contribution in [2.24, 2.45) is 0 Å². The molecule has 0 bridgehead atoms. The number of carbonyl (C=O) groups excluding carboxylic acids is 1. The van der Waals surface area contributed by atoms with Crippen molar-refractivity contribution in [3.8, 4) is 0 Å². The summed E-state index contributed by atoms with van der Waals surface area (Å²) in [5.74, 6) is 0.939. The first-order valence-electron chi connectivity index (χ1n) is 9.33. The molecule has 8 nitrogen and oxygen atoms in total. The summed E-state index contributed by atoms with van der Waals surface area (Å²) in [6, 6.07) is 3.91. The highest BCUT2D eigenvalue weighted by Crippen LogP contribution is 2.14. The summed E-state index contributed by atoms with van der Waals surface area (Å²) in [7, 11) is 0. The topological polar surface area (TPSA) is 79.0 Å². The molecule has 1 aromatic heterocycles. The molecule has 144 valence electrons. The number of nitrogens with one attached hydrogen (secondary N) is 2. The zero-order chi connectivity index (χ0) is 18.2. The average Bonchev–Trinajstić information content (AvgIpc) is 2.68. The van der Waals surface area contributed by atoms with Crippen LogP contribution in [-0.2, 0) is 16.0 Å². The van der Waals surface area contributed by atoms with E-state index in [1.807, 2.05) is 19.1 Å². The first-order valence-corrected chi connectivity index (χ1v) is 9.33. The van der Waals surface area contributed by atoms with Crippen molar-refractivity contribution >= 4 is 11.8 Å². The quantitative estimate of drug-likeness (QED) is 0.764. The Kier molecular flexibility index (Phi) is 7.04. The van der Waals surface area contributed by atoms with Crippen molar-refractivity contribution in [3.05, 3.63) is 23.9 Å². The van der Waals surface area contributed by atoms with Crippen LogP contribution in [0.4, 0.5) is 10.6 Å². The van der Waals surface area contributed by atoms with E-state index in [9.17, 15) is 4.79 Å². The summed E-state index contributed by atoms with van der Waals surface area (Å²) < 4.78 is 10.7. The van der Waals surface area contributed by atoms with E-state index in [1.165, 1.54) is 0 Å². The fourth-order valence-corrected chi connectivity index (χ4v) is 3.21. The summed E-state index contributed by atoms with van der Waals surface area (Å²) >= 11 is 0. The summed E-state index contributed by atoms with van der Waals surface area (Å²) in [6.45, 7) is 9.90. The molecule has 26 heavy (non-hydrogen) atoms. The van der Waals surface area contributed by atoms with E-state index in [2.05, 4.69) is 25.4 Å². The van der Waals surface area contributed by atoms with E-state index in [-0.39, 0.29) is 12.1 Å². The van der Waals surface area contributed by atoms with Crippen LogP contribution in [0.1, 0.15) is 12.5 Å². The normalized spacial score (nSPS) is 19.8. The number of aromatic nitrogens is 1. The van der Waals surface area contributed by atoms with Crippen LogP contribution in [0.15, 0.2) is 18.3 Å². The molecule has 2 saturated heterocycles. The van der Waals surface area contributed by atoms with Crippen LogP contribution in [0.3, 0.4) is 0 Å². The molecule has 0 saturated carbocycles. The fraction of sp³-hybridized carbons (Fsp3) is 0.667. The first-order chi connectivity index (χ1) is 12.7. The fourth-order valence-electron chi connectivity index (χ4n) is 3.21. The van der Waals surface area contributed by atoms with E-state index in [4.69, 9.17) is 9.47 Å². The summed E-state index contributed by atoms with van der Waals surface area (Å²) in [5, 5.41) is 5.93. The van der Waals surface area contributed by atoms with Crippen molar-refractivity contribution in [1.82, 2.24) is 20.5 Å². The van der Waals surface area contributed by atoms with Gasteiger partial charge in [0.1, 0.15) is 5.82 Å². The number of hydrogen-bond acceptors (Lipinski definition) is 6. The number of nitrogens with zero attached hydrogens (tertiary/aromatic N) is 3. The Morgan fingerprint density at radius 1 is 1.19 bits per heavy atom. The molecular weight excluding hydrogens is 334 g/mol. The molecule has 2 aliphatic rings. The number of ether oxygens (including phenoxy) is 2. The Hall–Kier alpha value is -1.90. The molecule has 1 unspecified atom stereocenters. The van der Waals surface area contributed by atoms with Gasteiger partial charge in [0.05, 0.1) is 26.4 Å². The minimum absolute atomic E-state index is 0.0921. The van der Waals surface area contributed by atoms with E-state index < -0.39 is 0 Å². The van der Waals surface area contributed by atoms with Crippen molar-refractivity contribution in [2.75, 3.05) is 64.1 Å². The second-order valence-electron chi connectivity index (χ2n) is 6.76. The van der Waals surface area contributed by atoms with Gasteiger partial charge in [-0.25, -0.2) is 9.78 Å². The molecule has 0 radical (unpaired) electrons. The molecule has 1 aromatic rings. The predicted octanol–water partition coefficient (Wildman–Crippen LogP) is 0.438. The summed E-state index contributed by atoms with van der Waals surface area (Å²) in [6.07, 6.45) is 1.79. The molecule has 2 N–H and O–H groups in total. The minimum atomic E-state index is -0.143. The van der Waals surface area contributed by atoms with Crippen molar-refractivity contribution in [3.63, 3.8) is 0 Å². The second-order valence-corrected chi connectivity index (χ2v) is 6.76. The molecule has 2 aliphatic heterocycles. The van der Waals surface area contributed by atoms with Crippen LogP contribution < -0.4 is 15.5 Å². The number of anilines is 1. The average molecular weight is 363 g/mol. The number of carbonyl (C=O) groups is 1. The van der Waals surface area contributed by atoms with E-state index in [0.717, 1.165) is 70.5 Å². The van der Waals surface area contributed by atoms with Gasteiger partial charge < -0.3 is 25.0 Å². The molecule has 3 rings (SSSR count). The van der Waals surface area contributed by atoms with E-state index >= 15 is 0 Å². The van der Waals surface area contributed by atoms with Gasteiger partial charge in [-0.1, -0.05) is 0 Å². The lowest BCUT2D eigenvalue weighted by atomic mass is 10.2. The van der Waals surface area contributed by atoms with Crippen LogP contribution in [-0.4, -0.2) is 81.1 Å². The lowest BCUT2D eigenvalue weighted by molar-refractivity contribution is 0.0349. The molecule has 2 amide bonds. The van der Waals surface area contributed by atoms with Gasteiger partial charge in [-0.2, -0.15) is 0 Å². The maximum absolute atomic E-state index is 12.1. The highest BCUT2D eigenvalue weighted by Gasteiger charge is 2.15. The van der Waals surface area contributed by atoms with Crippen LogP contribution in [0.5, 0.6) is 0 Å². The number of morpholine rings is 2. The van der Waals surface area contributed by atoms with E-state index in [0.29, 0.717) is 6.54 Å². The van der Waals surface area contributed by atoms with Crippen LogP contribution >= 0.6 is 0 Å². The zero-order valence-electron chi connectivity index (χ0n) is 15.4. The van der Waals surface area contributed by atoms with Crippen LogP contribution in [0, 0.1) is 0 Å². The molecule has 0 aliphatic carbocycles. The van der Waals surface area contributed by atoms with Crippen molar-refractivity contribution in [1.29, 1.82) is 0 Å². The third-order valence-corrected chi connectivity index (χ3v) is 4.61. The molecule has 0 aromatic carbocycles. The van der Waals surface area contributed by atoms with Gasteiger partial charge in [-0.05, 0) is 24.6 Å². The maximum atomic E-state index is 12.1. The van der Waals surface area contributed by atoms with Crippen LogP contribution in [0.25, 0.3) is 0 Å². The number of amides is 2. The number of hydrogen-bond donors (Lipinski definition) is 2. The largest absolute Gasteiger partial charge is 0.379 e. The smallest absolute Gasteiger partial charge is 0.315 e. The molecule has 0 spiro atoms. The SMILES string of the molecule is CC(CN1CCOCC1)NC(=O)NCc1ccnc(N2CCOCC2)c1. The second kappa shape index (κ2) is 9.70. The summed E-state index contributed by atoms with van der Waals surface area (Å²) in [5.41, 5.74) is 1.04. The maximum Gasteiger partial charge on any atom is 0.315 e. The lowest BCUT2D eigenvalue weighted by Crippen LogP contribution is -2.48.